The number of methoxy groups -OCH3 is 1. The van der Waals surface area contributed by atoms with E-state index in [1.165, 1.54) is 14.0 Å². The number of ether oxygens (including phenoxy) is 3. The molecule has 4 aliphatic heterocycles. The molecule has 0 saturated carbocycles. The van der Waals surface area contributed by atoms with Crippen LogP contribution in [0.25, 0.3) is 6.08 Å². The molecule has 1 aromatic rings. The number of ketones is 3. The van der Waals surface area contributed by atoms with Gasteiger partial charge in [-0.1, -0.05) is 0 Å². The fourth-order valence-electron chi connectivity index (χ4n) is 6.19. The van der Waals surface area contributed by atoms with E-state index in [0.29, 0.717) is 33.9 Å². The van der Waals surface area contributed by atoms with E-state index in [0.717, 1.165) is 0 Å². The first-order valence-corrected chi connectivity index (χ1v) is 11.3. The number of phenols is 1. The van der Waals surface area contributed by atoms with Crippen molar-refractivity contribution in [3.63, 3.8) is 0 Å². The lowest BCUT2D eigenvalue weighted by Gasteiger charge is -2.56. The minimum atomic E-state index is -1.32. The summed E-state index contributed by atoms with van der Waals surface area (Å²) in [4.78, 5) is 43.6. The molecule has 35 heavy (non-hydrogen) atoms. The second kappa shape index (κ2) is 6.96. The summed E-state index contributed by atoms with van der Waals surface area (Å²) in [6, 6.07) is -2.42. The van der Waals surface area contributed by atoms with Crippen molar-refractivity contribution in [1.29, 1.82) is 0 Å². The van der Waals surface area contributed by atoms with Crippen LogP contribution < -0.4 is 9.47 Å². The molecule has 1 aliphatic carbocycles. The average Bonchev–Trinajstić information content (AvgIpc) is 3.30. The molecule has 10 nitrogen and oxygen atoms in total. The fraction of sp³-hybridized carbons (Fsp3) is 0.400. The third kappa shape index (κ3) is 2.43. The zero-order valence-electron chi connectivity index (χ0n) is 19.8. The third-order valence-electron chi connectivity index (χ3n) is 7.84. The highest BCUT2D eigenvalue weighted by atomic mass is 16.7. The van der Waals surface area contributed by atoms with E-state index in [9.17, 15) is 24.6 Å². The Morgan fingerprint density at radius 3 is 2.49 bits per heavy atom. The summed E-state index contributed by atoms with van der Waals surface area (Å²) in [6.45, 7) is 5.00. The first kappa shape index (κ1) is 21.9. The van der Waals surface area contributed by atoms with E-state index in [1.807, 2.05) is 6.92 Å². The number of aliphatic hydroxyl groups excluding tert-OH is 1. The minimum absolute atomic E-state index is 0.00270. The summed E-state index contributed by atoms with van der Waals surface area (Å²) in [6.07, 6.45) is 0.375. The van der Waals surface area contributed by atoms with Crippen LogP contribution in [0.1, 0.15) is 36.6 Å². The van der Waals surface area contributed by atoms with E-state index in [2.05, 4.69) is 0 Å². The van der Waals surface area contributed by atoms with Crippen molar-refractivity contribution >= 4 is 23.4 Å². The number of hydrogen-bond donors (Lipinski definition) is 2. The van der Waals surface area contributed by atoms with Gasteiger partial charge in [0, 0.05) is 33.5 Å². The van der Waals surface area contributed by atoms with Crippen molar-refractivity contribution < 1.29 is 38.8 Å². The van der Waals surface area contributed by atoms with E-state index >= 15 is 0 Å². The quantitative estimate of drug-likeness (QED) is 0.446. The molecule has 182 valence electrons. The number of aromatic hydroxyl groups is 1. The number of Topliss-reactive ketones (excluding diaryl/α,β-unsaturated/α-hetero) is 3. The molecule has 0 spiro atoms. The monoisotopic (exact) mass is 480 g/mol. The number of rotatable bonds is 1. The Kier molecular flexibility index (Phi) is 4.35. The molecule has 1 aromatic carbocycles. The predicted octanol–water partition coefficient (Wildman–Crippen LogP) is 1.10. The van der Waals surface area contributed by atoms with Crippen LogP contribution in [0.15, 0.2) is 28.2 Å². The van der Waals surface area contributed by atoms with Crippen molar-refractivity contribution in [2.75, 3.05) is 21.0 Å². The van der Waals surface area contributed by atoms with Crippen LogP contribution in [0.2, 0.25) is 0 Å². The highest BCUT2D eigenvalue weighted by Crippen LogP contribution is 2.55. The Labute approximate surface area is 200 Å². The number of benzene rings is 1. The van der Waals surface area contributed by atoms with Gasteiger partial charge in [0.1, 0.15) is 11.8 Å². The Morgan fingerprint density at radius 2 is 1.80 bits per heavy atom. The molecule has 0 amide bonds. The minimum Gasteiger partial charge on any atom is -0.507 e. The van der Waals surface area contributed by atoms with E-state index in [1.54, 1.807) is 29.8 Å². The van der Waals surface area contributed by atoms with Gasteiger partial charge in [0.15, 0.2) is 35.1 Å². The van der Waals surface area contributed by atoms with Gasteiger partial charge in [0.2, 0.25) is 12.6 Å². The summed E-state index contributed by atoms with van der Waals surface area (Å²) in [5.41, 5.74) is 1.99. The summed E-state index contributed by atoms with van der Waals surface area (Å²) >= 11 is 0. The smallest absolute Gasteiger partial charge is 0.231 e. The number of piperazine rings is 1. The van der Waals surface area contributed by atoms with E-state index in [4.69, 9.17) is 14.2 Å². The van der Waals surface area contributed by atoms with Gasteiger partial charge in [-0.15, -0.1) is 0 Å². The molecule has 2 N–H and O–H groups in total. The molecule has 4 heterocycles. The Bertz CT molecular complexity index is 1370. The molecule has 4 atom stereocenters. The highest BCUT2D eigenvalue weighted by Gasteiger charge is 2.58. The van der Waals surface area contributed by atoms with Crippen LogP contribution in [0.5, 0.6) is 17.2 Å². The van der Waals surface area contributed by atoms with Crippen molar-refractivity contribution in [2.45, 2.75) is 45.1 Å². The van der Waals surface area contributed by atoms with Gasteiger partial charge in [-0.3, -0.25) is 19.3 Å². The number of hydrogen-bond acceptors (Lipinski definition) is 10. The van der Waals surface area contributed by atoms with Crippen molar-refractivity contribution in [2.24, 2.45) is 0 Å². The number of carbonyl (C=O) groups is 3. The maximum Gasteiger partial charge on any atom is 0.231 e. The number of nitrogens with zero attached hydrogens (tertiary/aromatic N) is 2. The zero-order valence-corrected chi connectivity index (χ0v) is 19.8. The summed E-state index contributed by atoms with van der Waals surface area (Å²) < 4.78 is 16.6. The topological polar surface area (TPSA) is 126 Å². The van der Waals surface area contributed by atoms with Gasteiger partial charge >= 0.3 is 0 Å². The highest BCUT2D eigenvalue weighted by molar-refractivity contribution is 6.37. The predicted molar refractivity (Wildman–Crippen MR) is 120 cm³/mol. The van der Waals surface area contributed by atoms with Gasteiger partial charge in [0.25, 0.3) is 0 Å². The molecule has 0 unspecified atom stereocenters. The van der Waals surface area contributed by atoms with Crippen LogP contribution in [-0.2, 0) is 19.1 Å². The van der Waals surface area contributed by atoms with Crippen LogP contribution in [0.4, 0.5) is 0 Å². The molecule has 2 bridgehead atoms. The molecule has 0 radical (unpaired) electrons. The van der Waals surface area contributed by atoms with Crippen molar-refractivity contribution in [1.82, 2.24) is 9.80 Å². The maximum atomic E-state index is 13.6. The maximum absolute atomic E-state index is 13.6. The van der Waals surface area contributed by atoms with Gasteiger partial charge in [-0.2, -0.15) is 0 Å². The van der Waals surface area contributed by atoms with Crippen molar-refractivity contribution in [3.8, 4) is 17.2 Å². The van der Waals surface area contributed by atoms with E-state index in [-0.39, 0.29) is 35.0 Å². The molecule has 6 rings (SSSR count). The van der Waals surface area contributed by atoms with E-state index < -0.39 is 41.7 Å². The van der Waals surface area contributed by atoms with Crippen LogP contribution in [0.3, 0.4) is 0 Å². The first-order chi connectivity index (χ1) is 16.6. The Balaban J connectivity index is 1.64. The van der Waals surface area contributed by atoms with Crippen LogP contribution >= 0.6 is 0 Å². The van der Waals surface area contributed by atoms with Crippen LogP contribution in [0, 0.1) is 6.92 Å². The number of phenolic OH excluding ortho intramolecular Hbond substituents is 1. The normalized spacial score (nSPS) is 29.3. The summed E-state index contributed by atoms with van der Waals surface area (Å²) in [5, 5.41) is 22.5. The number of allylic oxidation sites excluding steroid dienone is 2. The molecule has 5 aliphatic rings. The number of aliphatic hydroxyl groups is 1. The molecule has 0 aromatic heterocycles. The second-order valence-electron chi connectivity index (χ2n) is 9.41. The molecule has 1 saturated heterocycles. The third-order valence-corrected chi connectivity index (χ3v) is 7.84. The lowest BCUT2D eigenvalue weighted by Crippen LogP contribution is -2.69. The number of fused-ring (bicyclic) bond motifs is 8. The van der Waals surface area contributed by atoms with Crippen LogP contribution in [-0.4, -0.2) is 76.6 Å². The standard InChI is InChI=1S/C25H24N2O8/c1-8-18(28)11-6-12-16-14-15(19(29)9(2)22(33-5)21(14)31)20(30)17(26(16)4)25(32)27(12)10(3)13(11)24-23(8)34-7-35-24/h6,10,16-17,25,28,32H,7H2,1-5H3/t10-,16-,17-,25-/m0/s1. The summed E-state index contributed by atoms with van der Waals surface area (Å²) in [5.74, 6) is -0.895. The number of carbonyl (C=O) groups excluding carboxylic acids is 3. The SMILES string of the molecule is COC1=C(C)C(=O)C2=C(C1=O)[C@@H]1C3=Cc4c(O)c(C)c5c(c4[C@H](C)N3[C@@H](O)[C@H](C2=O)N1C)OCO5. The van der Waals surface area contributed by atoms with Crippen molar-refractivity contribution in [3.05, 3.63) is 44.9 Å². The van der Waals surface area contributed by atoms with Gasteiger partial charge in [-0.25, -0.2) is 0 Å². The lowest BCUT2D eigenvalue weighted by molar-refractivity contribution is -0.145. The molecular weight excluding hydrogens is 456 g/mol. The van der Waals surface area contributed by atoms with Gasteiger partial charge in [0.05, 0.1) is 24.8 Å². The largest absolute Gasteiger partial charge is 0.507 e. The average molecular weight is 480 g/mol. The first-order valence-electron chi connectivity index (χ1n) is 11.3. The van der Waals surface area contributed by atoms with Gasteiger partial charge < -0.3 is 29.3 Å². The van der Waals surface area contributed by atoms with Gasteiger partial charge in [-0.05, 0) is 33.9 Å². The summed E-state index contributed by atoms with van der Waals surface area (Å²) in [7, 11) is 2.95. The fourth-order valence-corrected chi connectivity index (χ4v) is 6.19. The zero-order chi connectivity index (χ0) is 25.1. The Hall–Kier alpha value is -3.63. The lowest BCUT2D eigenvalue weighted by atomic mass is 9.72. The molecular formula is C25H24N2O8. The second-order valence-corrected chi connectivity index (χ2v) is 9.41. The Morgan fingerprint density at radius 1 is 1.11 bits per heavy atom. The number of likely N-dealkylation sites (N-methyl/N-ethyl adjacent to an activating group) is 1. The molecule has 1 fully saturated rings. The molecule has 10 heteroatoms.